The lowest BCUT2D eigenvalue weighted by Crippen LogP contribution is -2.35. The molecule has 1 N–H and O–H groups in total. The predicted octanol–water partition coefficient (Wildman–Crippen LogP) is 3.02. The van der Waals surface area contributed by atoms with E-state index >= 15 is 0 Å². The van der Waals surface area contributed by atoms with Gasteiger partial charge in [0.05, 0.1) is 0 Å². The van der Waals surface area contributed by atoms with Crippen LogP contribution in [0, 0.1) is 5.92 Å². The van der Waals surface area contributed by atoms with E-state index < -0.39 is 0 Å². The minimum atomic E-state index is 0.0199. The second-order valence-corrected chi connectivity index (χ2v) is 4.68. The lowest BCUT2D eigenvalue weighted by Gasteiger charge is -2.25. The van der Waals surface area contributed by atoms with E-state index in [4.69, 9.17) is 0 Å². The average Bonchev–Trinajstić information content (AvgIpc) is 2.48. The maximum atomic E-state index is 12.4. The van der Waals surface area contributed by atoms with Crippen molar-refractivity contribution in [2.45, 2.75) is 33.6 Å². The van der Waals surface area contributed by atoms with Gasteiger partial charge in [0.25, 0.3) is 5.91 Å². The smallest absolute Gasteiger partial charge is 0.272 e. The van der Waals surface area contributed by atoms with Crippen LogP contribution >= 0.6 is 0 Å². The minimum Gasteiger partial charge on any atom is -0.373 e. The van der Waals surface area contributed by atoms with Crippen molar-refractivity contribution in [2.24, 2.45) is 5.92 Å². The zero-order valence-corrected chi connectivity index (χ0v) is 12.4. The highest BCUT2D eigenvalue weighted by atomic mass is 16.2. The number of hydrogen-bond donors (Lipinski definition) is 1. The Balaban J connectivity index is 2.82. The Hall–Kier alpha value is -1.58. The van der Waals surface area contributed by atoms with Crippen molar-refractivity contribution in [3.05, 3.63) is 23.9 Å². The van der Waals surface area contributed by atoms with Crippen molar-refractivity contribution in [1.82, 2.24) is 9.88 Å². The Morgan fingerprint density at radius 1 is 1.32 bits per heavy atom. The minimum absolute atomic E-state index is 0.0199. The summed E-state index contributed by atoms with van der Waals surface area (Å²) >= 11 is 0. The van der Waals surface area contributed by atoms with Gasteiger partial charge in [0.1, 0.15) is 11.5 Å². The Labute approximate surface area is 116 Å². The molecule has 0 bridgehead atoms. The molecular formula is C15H25N3O. The van der Waals surface area contributed by atoms with Crippen LogP contribution in [0.3, 0.4) is 0 Å². The zero-order chi connectivity index (χ0) is 14.3. The third-order valence-corrected chi connectivity index (χ3v) is 3.53. The second-order valence-electron chi connectivity index (χ2n) is 4.68. The van der Waals surface area contributed by atoms with Crippen LogP contribution in [0.15, 0.2) is 18.2 Å². The average molecular weight is 263 g/mol. The molecule has 1 aromatic rings. The summed E-state index contributed by atoms with van der Waals surface area (Å²) in [6.45, 7) is 7.90. The largest absolute Gasteiger partial charge is 0.373 e. The van der Waals surface area contributed by atoms with Crippen LogP contribution in [0.2, 0.25) is 0 Å². The highest BCUT2D eigenvalue weighted by molar-refractivity contribution is 5.92. The molecule has 0 aliphatic rings. The SMILES string of the molecule is CCC(CC)CN(CC)C(=O)c1cccc(NC)n1. The van der Waals surface area contributed by atoms with Crippen LogP contribution in [0.25, 0.3) is 0 Å². The molecule has 0 spiro atoms. The van der Waals surface area contributed by atoms with Gasteiger partial charge in [-0.05, 0) is 25.0 Å². The zero-order valence-electron chi connectivity index (χ0n) is 12.4. The summed E-state index contributed by atoms with van der Waals surface area (Å²) in [4.78, 5) is 18.7. The van der Waals surface area contributed by atoms with Gasteiger partial charge in [-0.15, -0.1) is 0 Å². The van der Waals surface area contributed by atoms with Crippen molar-refractivity contribution in [1.29, 1.82) is 0 Å². The highest BCUT2D eigenvalue weighted by Crippen LogP contribution is 2.13. The van der Waals surface area contributed by atoms with E-state index in [-0.39, 0.29) is 5.91 Å². The van der Waals surface area contributed by atoms with E-state index in [1.54, 1.807) is 13.1 Å². The fourth-order valence-corrected chi connectivity index (χ4v) is 2.07. The molecular weight excluding hydrogens is 238 g/mol. The molecule has 1 heterocycles. The molecule has 0 radical (unpaired) electrons. The summed E-state index contributed by atoms with van der Waals surface area (Å²) in [7, 11) is 1.80. The van der Waals surface area contributed by atoms with Crippen LogP contribution in [-0.4, -0.2) is 35.9 Å². The second kappa shape index (κ2) is 7.77. The third kappa shape index (κ3) is 4.23. The van der Waals surface area contributed by atoms with Crippen molar-refractivity contribution in [3.63, 3.8) is 0 Å². The van der Waals surface area contributed by atoms with Crippen molar-refractivity contribution in [3.8, 4) is 0 Å². The summed E-state index contributed by atoms with van der Waals surface area (Å²) in [6, 6.07) is 5.49. The highest BCUT2D eigenvalue weighted by Gasteiger charge is 2.18. The molecule has 0 atom stereocenters. The molecule has 0 aliphatic carbocycles. The topological polar surface area (TPSA) is 45.2 Å². The first-order chi connectivity index (χ1) is 9.15. The normalized spacial score (nSPS) is 10.6. The Morgan fingerprint density at radius 3 is 2.53 bits per heavy atom. The molecule has 1 aromatic heterocycles. The Bertz CT molecular complexity index is 402. The van der Waals surface area contributed by atoms with Crippen LogP contribution in [0.5, 0.6) is 0 Å². The van der Waals surface area contributed by atoms with Crippen LogP contribution in [0.1, 0.15) is 44.1 Å². The lowest BCUT2D eigenvalue weighted by molar-refractivity contribution is 0.0729. The Morgan fingerprint density at radius 2 is 2.00 bits per heavy atom. The van der Waals surface area contributed by atoms with Gasteiger partial charge in [-0.3, -0.25) is 4.79 Å². The quantitative estimate of drug-likeness (QED) is 0.822. The number of amides is 1. The molecule has 1 amide bonds. The van der Waals surface area contributed by atoms with Crippen molar-refractivity contribution < 1.29 is 4.79 Å². The first-order valence-electron chi connectivity index (χ1n) is 7.10. The summed E-state index contributed by atoms with van der Waals surface area (Å²) in [5, 5.41) is 2.96. The number of nitrogens with one attached hydrogen (secondary N) is 1. The number of carbonyl (C=O) groups is 1. The molecule has 0 fully saturated rings. The van der Waals surface area contributed by atoms with Crippen LogP contribution in [-0.2, 0) is 0 Å². The first-order valence-corrected chi connectivity index (χ1v) is 7.10. The lowest BCUT2D eigenvalue weighted by atomic mass is 10.0. The fraction of sp³-hybridized carbons (Fsp3) is 0.600. The number of hydrogen-bond acceptors (Lipinski definition) is 3. The van der Waals surface area contributed by atoms with Crippen LogP contribution in [0.4, 0.5) is 5.82 Å². The molecule has 0 saturated carbocycles. The molecule has 0 unspecified atom stereocenters. The molecule has 4 heteroatoms. The van der Waals surface area contributed by atoms with Gasteiger partial charge in [0, 0.05) is 20.1 Å². The maximum Gasteiger partial charge on any atom is 0.272 e. The number of aromatic nitrogens is 1. The summed E-state index contributed by atoms with van der Waals surface area (Å²) in [6.07, 6.45) is 2.20. The van der Waals surface area contributed by atoms with Crippen molar-refractivity contribution in [2.75, 3.05) is 25.5 Å². The number of pyridine rings is 1. The number of rotatable bonds is 7. The third-order valence-electron chi connectivity index (χ3n) is 3.53. The molecule has 0 aliphatic heterocycles. The molecule has 106 valence electrons. The van der Waals surface area contributed by atoms with Gasteiger partial charge in [-0.25, -0.2) is 4.98 Å². The van der Waals surface area contributed by atoms with Crippen molar-refractivity contribution >= 4 is 11.7 Å². The van der Waals surface area contributed by atoms with E-state index in [1.807, 2.05) is 24.0 Å². The number of carbonyl (C=O) groups excluding carboxylic acids is 1. The molecule has 19 heavy (non-hydrogen) atoms. The summed E-state index contributed by atoms with van der Waals surface area (Å²) in [5.41, 5.74) is 0.514. The molecule has 1 rings (SSSR count). The Kier molecular flexibility index (Phi) is 6.33. The van der Waals surface area contributed by atoms with Gasteiger partial charge in [-0.1, -0.05) is 32.8 Å². The van der Waals surface area contributed by atoms with Gasteiger partial charge in [-0.2, -0.15) is 0 Å². The summed E-state index contributed by atoms with van der Waals surface area (Å²) in [5.74, 6) is 1.31. The van der Waals surface area contributed by atoms with E-state index in [1.165, 1.54) is 0 Å². The number of nitrogens with zero attached hydrogens (tertiary/aromatic N) is 2. The predicted molar refractivity (Wildman–Crippen MR) is 79.4 cm³/mol. The van der Waals surface area contributed by atoms with E-state index in [0.717, 1.165) is 31.7 Å². The maximum absolute atomic E-state index is 12.4. The van der Waals surface area contributed by atoms with Crippen LogP contribution < -0.4 is 5.32 Å². The van der Waals surface area contributed by atoms with Gasteiger partial charge >= 0.3 is 0 Å². The van der Waals surface area contributed by atoms with Gasteiger partial charge < -0.3 is 10.2 Å². The molecule has 4 nitrogen and oxygen atoms in total. The summed E-state index contributed by atoms with van der Waals surface area (Å²) < 4.78 is 0. The monoisotopic (exact) mass is 263 g/mol. The van der Waals surface area contributed by atoms with E-state index in [0.29, 0.717) is 11.6 Å². The molecule has 0 aromatic carbocycles. The fourth-order valence-electron chi connectivity index (χ4n) is 2.07. The van der Waals surface area contributed by atoms with Gasteiger partial charge in [0.15, 0.2) is 0 Å². The molecule has 0 saturated heterocycles. The number of anilines is 1. The standard InChI is InChI=1S/C15H25N3O/c1-5-12(6-2)11-18(7-3)15(19)13-9-8-10-14(16-4)17-13/h8-10,12H,5-7,11H2,1-4H3,(H,16,17). The van der Waals surface area contributed by atoms with Gasteiger partial charge in [0.2, 0.25) is 0 Å². The van der Waals surface area contributed by atoms with E-state index in [2.05, 4.69) is 24.1 Å². The van der Waals surface area contributed by atoms with E-state index in [9.17, 15) is 4.79 Å². The first kappa shape index (κ1) is 15.5.